The highest BCUT2D eigenvalue weighted by Gasteiger charge is 2.20. The van der Waals surface area contributed by atoms with Crippen molar-refractivity contribution in [1.29, 1.82) is 0 Å². The number of anilines is 1. The van der Waals surface area contributed by atoms with E-state index in [9.17, 15) is 4.79 Å². The monoisotopic (exact) mass is 324 g/mol. The Labute approximate surface area is 140 Å². The number of aromatic nitrogens is 1. The molecular weight excluding hydrogens is 304 g/mol. The summed E-state index contributed by atoms with van der Waals surface area (Å²) in [4.78, 5) is 16.5. The predicted octanol–water partition coefficient (Wildman–Crippen LogP) is 3.59. The van der Waals surface area contributed by atoms with Crippen LogP contribution in [0.15, 0.2) is 52.9 Å². The fourth-order valence-corrected chi connectivity index (χ4v) is 2.60. The Morgan fingerprint density at radius 1 is 1.25 bits per heavy atom. The van der Waals surface area contributed by atoms with Crippen LogP contribution in [0.3, 0.4) is 0 Å². The van der Waals surface area contributed by atoms with Crippen LogP contribution in [0.2, 0.25) is 0 Å². The standard InChI is InChI=1S/C19H20N2O3/c1-3-18-21-15-12-14(9-10-17(15)24-18)20-16(19(22)23-2)11-13-7-5-4-6-8-13/h4-10,12,16,20H,3,11H2,1-2H3. The molecule has 0 fully saturated rings. The molecule has 0 amide bonds. The Bertz CT molecular complexity index is 827. The molecule has 0 spiro atoms. The van der Waals surface area contributed by atoms with E-state index in [1.807, 2.05) is 55.5 Å². The number of ether oxygens (including phenoxy) is 1. The lowest BCUT2D eigenvalue weighted by atomic mass is 10.1. The molecular formula is C19H20N2O3. The average molecular weight is 324 g/mol. The van der Waals surface area contributed by atoms with Crippen LogP contribution in [0.5, 0.6) is 0 Å². The number of benzene rings is 2. The number of aryl methyl sites for hydroxylation is 1. The fraction of sp³-hybridized carbons (Fsp3) is 0.263. The van der Waals surface area contributed by atoms with Gasteiger partial charge in [0, 0.05) is 18.5 Å². The molecule has 124 valence electrons. The number of carbonyl (C=O) groups is 1. The van der Waals surface area contributed by atoms with Crippen LogP contribution in [0.1, 0.15) is 18.4 Å². The van der Waals surface area contributed by atoms with Crippen molar-refractivity contribution in [2.24, 2.45) is 0 Å². The Kier molecular flexibility index (Phi) is 4.79. The molecule has 1 heterocycles. The van der Waals surface area contributed by atoms with Gasteiger partial charge in [-0.05, 0) is 23.8 Å². The second-order valence-corrected chi connectivity index (χ2v) is 5.55. The topological polar surface area (TPSA) is 64.4 Å². The maximum absolute atomic E-state index is 12.1. The quantitative estimate of drug-likeness (QED) is 0.702. The Morgan fingerprint density at radius 2 is 2.04 bits per heavy atom. The lowest BCUT2D eigenvalue weighted by Crippen LogP contribution is -2.32. The van der Waals surface area contributed by atoms with Crippen molar-refractivity contribution in [2.45, 2.75) is 25.8 Å². The van der Waals surface area contributed by atoms with Crippen molar-refractivity contribution in [3.63, 3.8) is 0 Å². The van der Waals surface area contributed by atoms with Crippen molar-refractivity contribution in [3.05, 3.63) is 60.0 Å². The second kappa shape index (κ2) is 7.17. The molecule has 0 aliphatic heterocycles. The first-order chi connectivity index (χ1) is 11.7. The first kappa shape index (κ1) is 16.1. The summed E-state index contributed by atoms with van der Waals surface area (Å²) in [7, 11) is 1.40. The molecule has 3 aromatic rings. The number of carbonyl (C=O) groups excluding carboxylic acids is 1. The number of hydrogen-bond acceptors (Lipinski definition) is 5. The molecule has 1 unspecified atom stereocenters. The SMILES string of the molecule is CCc1nc2cc(NC(Cc3ccccc3)C(=O)OC)ccc2o1. The van der Waals surface area contributed by atoms with Gasteiger partial charge in [-0.1, -0.05) is 37.3 Å². The summed E-state index contributed by atoms with van der Waals surface area (Å²) in [5.41, 5.74) is 3.40. The van der Waals surface area contributed by atoms with Crippen molar-refractivity contribution in [1.82, 2.24) is 4.98 Å². The summed E-state index contributed by atoms with van der Waals surface area (Å²) in [6.45, 7) is 2.00. The first-order valence-electron chi connectivity index (χ1n) is 7.97. The van der Waals surface area contributed by atoms with Gasteiger partial charge < -0.3 is 14.5 Å². The van der Waals surface area contributed by atoms with Crippen molar-refractivity contribution in [2.75, 3.05) is 12.4 Å². The number of esters is 1. The lowest BCUT2D eigenvalue weighted by molar-refractivity contribution is -0.141. The summed E-state index contributed by atoms with van der Waals surface area (Å²) in [5, 5.41) is 3.24. The van der Waals surface area contributed by atoms with E-state index >= 15 is 0 Å². The molecule has 0 aliphatic carbocycles. The minimum atomic E-state index is -0.465. The van der Waals surface area contributed by atoms with E-state index in [-0.39, 0.29) is 5.97 Å². The molecule has 0 bridgehead atoms. The number of nitrogens with zero attached hydrogens (tertiary/aromatic N) is 1. The molecule has 24 heavy (non-hydrogen) atoms. The number of oxazole rings is 1. The minimum Gasteiger partial charge on any atom is -0.467 e. The van der Waals surface area contributed by atoms with E-state index in [0.29, 0.717) is 12.3 Å². The summed E-state index contributed by atoms with van der Waals surface area (Å²) in [5.74, 6) is 0.407. The highest BCUT2D eigenvalue weighted by molar-refractivity contribution is 5.82. The average Bonchev–Trinajstić information content (AvgIpc) is 3.04. The minimum absolute atomic E-state index is 0.298. The third kappa shape index (κ3) is 3.56. The van der Waals surface area contributed by atoms with E-state index in [2.05, 4.69) is 10.3 Å². The zero-order chi connectivity index (χ0) is 16.9. The third-order valence-electron chi connectivity index (χ3n) is 3.84. The molecule has 5 heteroatoms. The molecule has 5 nitrogen and oxygen atoms in total. The van der Waals surface area contributed by atoms with Crippen LogP contribution in [0.4, 0.5) is 5.69 Å². The number of rotatable bonds is 6. The molecule has 0 aliphatic rings. The van der Waals surface area contributed by atoms with Crippen molar-refractivity contribution >= 4 is 22.8 Å². The van der Waals surface area contributed by atoms with Crippen molar-refractivity contribution < 1.29 is 13.9 Å². The van der Waals surface area contributed by atoms with Crippen LogP contribution in [-0.2, 0) is 22.4 Å². The summed E-state index contributed by atoms with van der Waals surface area (Å²) in [6, 6.07) is 15.0. The van der Waals surface area contributed by atoms with E-state index < -0.39 is 6.04 Å². The maximum Gasteiger partial charge on any atom is 0.328 e. The summed E-state index contributed by atoms with van der Waals surface area (Å²) in [6.07, 6.45) is 1.29. The second-order valence-electron chi connectivity index (χ2n) is 5.55. The van der Waals surface area contributed by atoms with Crippen LogP contribution in [0.25, 0.3) is 11.1 Å². The van der Waals surface area contributed by atoms with Crippen LogP contribution in [0, 0.1) is 0 Å². The number of methoxy groups -OCH3 is 1. The molecule has 1 atom stereocenters. The Hall–Kier alpha value is -2.82. The van der Waals surface area contributed by atoms with Crippen LogP contribution in [-0.4, -0.2) is 24.1 Å². The van der Waals surface area contributed by atoms with Gasteiger partial charge in [0.1, 0.15) is 11.6 Å². The van der Waals surface area contributed by atoms with Gasteiger partial charge in [-0.3, -0.25) is 0 Å². The van der Waals surface area contributed by atoms with E-state index in [4.69, 9.17) is 9.15 Å². The molecule has 1 N–H and O–H groups in total. The zero-order valence-corrected chi connectivity index (χ0v) is 13.8. The third-order valence-corrected chi connectivity index (χ3v) is 3.84. The van der Waals surface area contributed by atoms with Gasteiger partial charge in [-0.15, -0.1) is 0 Å². The van der Waals surface area contributed by atoms with Gasteiger partial charge in [0.25, 0.3) is 0 Å². The normalized spacial score (nSPS) is 12.1. The lowest BCUT2D eigenvalue weighted by Gasteiger charge is -2.17. The van der Waals surface area contributed by atoms with Gasteiger partial charge in [0.2, 0.25) is 0 Å². The predicted molar refractivity (Wildman–Crippen MR) is 93.0 cm³/mol. The maximum atomic E-state index is 12.1. The zero-order valence-electron chi connectivity index (χ0n) is 13.8. The molecule has 3 rings (SSSR count). The molecule has 1 aromatic heterocycles. The van der Waals surface area contributed by atoms with Gasteiger partial charge in [-0.2, -0.15) is 0 Å². The molecule has 0 radical (unpaired) electrons. The van der Waals surface area contributed by atoms with E-state index in [1.54, 1.807) is 0 Å². The number of nitrogens with one attached hydrogen (secondary N) is 1. The van der Waals surface area contributed by atoms with Crippen LogP contribution >= 0.6 is 0 Å². The fourth-order valence-electron chi connectivity index (χ4n) is 2.60. The van der Waals surface area contributed by atoms with E-state index in [1.165, 1.54) is 7.11 Å². The highest BCUT2D eigenvalue weighted by Crippen LogP contribution is 2.21. The van der Waals surface area contributed by atoms with Crippen molar-refractivity contribution in [3.8, 4) is 0 Å². The Morgan fingerprint density at radius 3 is 2.75 bits per heavy atom. The molecule has 0 saturated heterocycles. The summed E-state index contributed by atoms with van der Waals surface area (Å²) < 4.78 is 10.5. The largest absolute Gasteiger partial charge is 0.467 e. The van der Waals surface area contributed by atoms with Gasteiger partial charge in [-0.25, -0.2) is 9.78 Å². The molecule has 2 aromatic carbocycles. The number of fused-ring (bicyclic) bond motifs is 1. The van der Waals surface area contributed by atoms with Crippen LogP contribution < -0.4 is 5.32 Å². The molecule has 0 saturated carbocycles. The van der Waals surface area contributed by atoms with Gasteiger partial charge in [0.15, 0.2) is 11.5 Å². The first-order valence-corrected chi connectivity index (χ1v) is 7.97. The summed E-state index contributed by atoms with van der Waals surface area (Å²) >= 11 is 0. The smallest absolute Gasteiger partial charge is 0.328 e. The Balaban J connectivity index is 1.82. The number of hydrogen-bond donors (Lipinski definition) is 1. The van der Waals surface area contributed by atoms with Gasteiger partial charge in [0.05, 0.1) is 7.11 Å². The van der Waals surface area contributed by atoms with E-state index in [0.717, 1.165) is 28.8 Å². The highest BCUT2D eigenvalue weighted by atomic mass is 16.5. The van der Waals surface area contributed by atoms with Gasteiger partial charge >= 0.3 is 5.97 Å².